The molecule has 3 nitrogen and oxygen atoms in total. The summed E-state index contributed by atoms with van der Waals surface area (Å²) in [5.74, 6) is 0. The molecule has 0 amide bonds. The number of pyridine rings is 1. The zero-order valence-corrected chi connectivity index (χ0v) is 10.1. The fraction of sp³-hybridized carbons (Fsp3) is 0.214. The Kier molecular flexibility index (Phi) is 3.40. The predicted octanol–water partition coefficient (Wildman–Crippen LogP) is 1.77. The molecule has 17 heavy (non-hydrogen) atoms. The van der Waals surface area contributed by atoms with Gasteiger partial charge in [0.05, 0.1) is 5.69 Å². The van der Waals surface area contributed by atoms with Gasteiger partial charge in [-0.1, -0.05) is 36.4 Å². The lowest BCUT2D eigenvalue weighted by Gasteiger charge is -2.10. The monoisotopic (exact) mass is 228 g/mol. The molecule has 0 spiro atoms. The second-order valence-corrected chi connectivity index (χ2v) is 4.00. The molecule has 1 aromatic heterocycles. The van der Waals surface area contributed by atoms with Crippen LogP contribution in [-0.4, -0.2) is 11.6 Å². The van der Waals surface area contributed by atoms with Crippen LogP contribution in [0.2, 0.25) is 0 Å². The largest absolute Gasteiger partial charge is 0.315 e. The Bertz CT molecular complexity index is 558. The van der Waals surface area contributed by atoms with Crippen molar-refractivity contribution < 1.29 is 0 Å². The van der Waals surface area contributed by atoms with Gasteiger partial charge in [0.2, 0.25) is 0 Å². The second-order valence-electron chi connectivity index (χ2n) is 4.00. The summed E-state index contributed by atoms with van der Waals surface area (Å²) in [5, 5.41) is 3.00. The van der Waals surface area contributed by atoms with E-state index in [1.807, 2.05) is 56.6 Å². The van der Waals surface area contributed by atoms with E-state index in [1.54, 1.807) is 4.57 Å². The number of nitrogens with one attached hydrogen (secondary N) is 1. The van der Waals surface area contributed by atoms with Crippen molar-refractivity contribution in [1.29, 1.82) is 0 Å². The average Bonchev–Trinajstić information content (AvgIpc) is 2.36. The summed E-state index contributed by atoms with van der Waals surface area (Å²) in [5.41, 5.74) is 2.84. The van der Waals surface area contributed by atoms with Gasteiger partial charge in [-0.3, -0.25) is 4.79 Å². The van der Waals surface area contributed by atoms with Crippen LogP contribution in [-0.2, 0) is 13.6 Å². The van der Waals surface area contributed by atoms with Crippen LogP contribution in [0, 0.1) is 0 Å². The zero-order valence-electron chi connectivity index (χ0n) is 10.1. The van der Waals surface area contributed by atoms with Crippen molar-refractivity contribution in [3.05, 3.63) is 58.4 Å². The summed E-state index contributed by atoms with van der Waals surface area (Å²) in [6.45, 7) is 0.599. The van der Waals surface area contributed by atoms with E-state index < -0.39 is 0 Å². The molecule has 2 aromatic rings. The van der Waals surface area contributed by atoms with E-state index >= 15 is 0 Å². The Balaban J connectivity index is 2.52. The number of hydrogen-bond donors (Lipinski definition) is 1. The minimum atomic E-state index is 0.0562. The number of benzene rings is 1. The van der Waals surface area contributed by atoms with Crippen LogP contribution in [0.15, 0.2) is 47.3 Å². The minimum absolute atomic E-state index is 0.0562. The van der Waals surface area contributed by atoms with Crippen molar-refractivity contribution in [2.75, 3.05) is 7.05 Å². The molecule has 0 bridgehead atoms. The molecule has 1 N–H and O–H groups in total. The maximum atomic E-state index is 12.1. The van der Waals surface area contributed by atoms with E-state index in [2.05, 4.69) is 5.32 Å². The molecule has 0 aliphatic rings. The molecular weight excluding hydrogens is 212 g/mol. The van der Waals surface area contributed by atoms with E-state index in [1.165, 1.54) is 0 Å². The number of aromatic nitrogens is 1. The highest BCUT2D eigenvalue weighted by atomic mass is 16.1. The van der Waals surface area contributed by atoms with Gasteiger partial charge in [0.1, 0.15) is 0 Å². The average molecular weight is 228 g/mol. The zero-order chi connectivity index (χ0) is 12.3. The molecule has 0 radical (unpaired) electrons. The fourth-order valence-electron chi connectivity index (χ4n) is 1.91. The van der Waals surface area contributed by atoms with Gasteiger partial charge in [-0.2, -0.15) is 0 Å². The molecule has 0 saturated heterocycles. The molecule has 1 heterocycles. The lowest BCUT2D eigenvalue weighted by Crippen LogP contribution is -2.25. The van der Waals surface area contributed by atoms with E-state index in [0.717, 1.165) is 16.8 Å². The van der Waals surface area contributed by atoms with Crippen LogP contribution < -0.4 is 10.9 Å². The molecule has 0 fully saturated rings. The summed E-state index contributed by atoms with van der Waals surface area (Å²) in [4.78, 5) is 12.1. The summed E-state index contributed by atoms with van der Waals surface area (Å²) in [6.07, 6.45) is 0. The molecule has 0 aliphatic carbocycles. The standard InChI is InChI=1S/C14H16N2O/c1-15-10-12-8-9-13(16(2)14(12)17)11-6-4-3-5-7-11/h3-9,15H,10H2,1-2H3. The molecule has 0 unspecified atom stereocenters. The first kappa shape index (κ1) is 11.6. The Hall–Kier alpha value is -1.87. The third-order valence-electron chi connectivity index (χ3n) is 2.82. The topological polar surface area (TPSA) is 34.0 Å². The van der Waals surface area contributed by atoms with E-state index in [-0.39, 0.29) is 5.56 Å². The highest BCUT2D eigenvalue weighted by molar-refractivity contribution is 5.59. The number of rotatable bonds is 3. The summed E-state index contributed by atoms with van der Waals surface area (Å²) in [6, 6.07) is 13.8. The van der Waals surface area contributed by atoms with Crippen molar-refractivity contribution in [1.82, 2.24) is 9.88 Å². The van der Waals surface area contributed by atoms with E-state index in [9.17, 15) is 4.79 Å². The van der Waals surface area contributed by atoms with Gasteiger partial charge in [-0.25, -0.2) is 0 Å². The van der Waals surface area contributed by atoms with E-state index in [4.69, 9.17) is 0 Å². The maximum absolute atomic E-state index is 12.1. The molecule has 1 aromatic carbocycles. The first-order valence-electron chi connectivity index (χ1n) is 5.63. The van der Waals surface area contributed by atoms with Gasteiger partial charge in [0.25, 0.3) is 5.56 Å². The third-order valence-corrected chi connectivity index (χ3v) is 2.82. The summed E-state index contributed by atoms with van der Waals surface area (Å²) >= 11 is 0. The Morgan fingerprint density at radius 2 is 1.82 bits per heavy atom. The van der Waals surface area contributed by atoms with Crippen LogP contribution in [0.3, 0.4) is 0 Å². The molecule has 3 heteroatoms. The molecule has 0 saturated carbocycles. The first-order valence-corrected chi connectivity index (χ1v) is 5.63. The quantitative estimate of drug-likeness (QED) is 0.868. The van der Waals surface area contributed by atoms with Gasteiger partial charge in [-0.15, -0.1) is 0 Å². The molecule has 0 aliphatic heterocycles. The number of hydrogen-bond acceptors (Lipinski definition) is 2. The summed E-state index contributed by atoms with van der Waals surface area (Å²) < 4.78 is 1.70. The SMILES string of the molecule is CNCc1ccc(-c2ccccc2)n(C)c1=O. The Labute approximate surface area is 101 Å². The maximum Gasteiger partial charge on any atom is 0.255 e. The van der Waals surface area contributed by atoms with Crippen molar-refractivity contribution in [2.45, 2.75) is 6.54 Å². The van der Waals surface area contributed by atoms with Crippen LogP contribution in [0.5, 0.6) is 0 Å². The van der Waals surface area contributed by atoms with Gasteiger partial charge < -0.3 is 9.88 Å². The third kappa shape index (κ3) is 2.29. The van der Waals surface area contributed by atoms with Gasteiger partial charge in [0.15, 0.2) is 0 Å². The number of nitrogens with zero attached hydrogens (tertiary/aromatic N) is 1. The fourth-order valence-corrected chi connectivity index (χ4v) is 1.91. The molecular formula is C14H16N2O. The van der Waals surface area contributed by atoms with Gasteiger partial charge in [0, 0.05) is 19.2 Å². The Morgan fingerprint density at radius 1 is 1.12 bits per heavy atom. The lowest BCUT2D eigenvalue weighted by atomic mass is 10.1. The van der Waals surface area contributed by atoms with Crippen LogP contribution in [0.4, 0.5) is 0 Å². The Morgan fingerprint density at radius 3 is 2.47 bits per heavy atom. The van der Waals surface area contributed by atoms with Crippen molar-refractivity contribution in [3.63, 3.8) is 0 Å². The predicted molar refractivity (Wildman–Crippen MR) is 69.9 cm³/mol. The smallest absolute Gasteiger partial charge is 0.255 e. The normalized spacial score (nSPS) is 10.5. The van der Waals surface area contributed by atoms with Crippen molar-refractivity contribution in [3.8, 4) is 11.3 Å². The minimum Gasteiger partial charge on any atom is -0.315 e. The molecule has 2 rings (SSSR count). The van der Waals surface area contributed by atoms with Crippen LogP contribution in [0.1, 0.15) is 5.56 Å². The van der Waals surface area contributed by atoms with Gasteiger partial charge in [-0.05, 0) is 18.7 Å². The lowest BCUT2D eigenvalue weighted by molar-refractivity contribution is 0.772. The highest BCUT2D eigenvalue weighted by Crippen LogP contribution is 2.16. The molecule has 88 valence electrons. The first-order chi connectivity index (χ1) is 8.24. The highest BCUT2D eigenvalue weighted by Gasteiger charge is 2.06. The van der Waals surface area contributed by atoms with Crippen LogP contribution >= 0.6 is 0 Å². The summed E-state index contributed by atoms with van der Waals surface area (Å²) in [7, 11) is 3.65. The molecule has 0 atom stereocenters. The second kappa shape index (κ2) is 4.97. The van der Waals surface area contributed by atoms with Crippen LogP contribution in [0.25, 0.3) is 11.3 Å². The van der Waals surface area contributed by atoms with Gasteiger partial charge >= 0.3 is 0 Å². The van der Waals surface area contributed by atoms with Crippen molar-refractivity contribution in [2.24, 2.45) is 7.05 Å². The van der Waals surface area contributed by atoms with Crippen molar-refractivity contribution >= 4 is 0 Å². The van der Waals surface area contributed by atoms with E-state index in [0.29, 0.717) is 6.54 Å².